The van der Waals surface area contributed by atoms with Crippen molar-refractivity contribution in [3.8, 4) is 10.7 Å². The number of aldehydes is 1. The van der Waals surface area contributed by atoms with E-state index in [2.05, 4.69) is 9.97 Å². The summed E-state index contributed by atoms with van der Waals surface area (Å²) in [5.74, 6) is 0.683. The molecule has 14 heavy (non-hydrogen) atoms. The third-order valence-electron chi connectivity index (χ3n) is 1.89. The molecule has 3 nitrogen and oxygen atoms in total. The molecule has 0 atom stereocenters. The molecule has 2 heterocycles. The number of hydrogen-bond acceptors (Lipinski definition) is 4. The van der Waals surface area contributed by atoms with E-state index in [-0.39, 0.29) is 0 Å². The molecule has 0 N–H and O–H groups in total. The van der Waals surface area contributed by atoms with E-state index >= 15 is 0 Å². The Kier molecular flexibility index (Phi) is 2.37. The van der Waals surface area contributed by atoms with Crippen LogP contribution in [0.1, 0.15) is 16.1 Å². The van der Waals surface area contributed by atoms with E-state index in [4.69, 9.17) is 0 Å². The lowest BCUT2D eigenvalue weighted by atomic mass is 10.2. The summed E-state index contributed by atoms with van der Waals surface area (Å²) in [6, 6.07) is 3.91. The second-order valence-corrected chi connectivity index (χ2v) is 3.78. The molecule has 0 aliphatic rings. The summed E-state index contributed by atoms with van der Waals surface area (Å²) in [5, 5.41) is 1.97. The van der Waals surface area contributed by atoms with Gasteiger partial charge < -0.3 is 0 Å². The molecule has 0 bridgehead atoms. The normalized spacial score (nSPS) is 10.1. The van der Waals surface area contributed by atoms with Crippen molar-refractivity contribution in [2.45, 2.75) is 6.92 Å². The number of nitrogens with zero attached hydrogens (tertiary/aromatic N) is 2. The van der Waals surface area contributed by atoms with Crippen molar-refractivity contribution >= 4 is 17.6 Å². The maximum absolute atomic E-state index is 10.5. The van der Waals surface area contributed by atoms with Crippen molar-refractivity contribution in [2.75, 3.05) is 0 Å². The van der Waals surface area contributed by atoms with Crippen LogP contribution in [0, 0.1) is 6.92 Å². The van der Waals surface area contributed by atoms with Crippen LogP contribution in [0.2, 0.25) is 0 Å². The average Bonchev–Trinajstić information content (AvgIpc) is 2.70. The molecular formula is C10H8N2OS. The Hall–Kier alpha value is -1.55. The maximum Gasteiger partial charge on any atom is 0.169 e. The average molecular weight is 204 g/mol. The van der Waals surface area contributed by atoms with E-state index in [9.17, 15) is 4.79 Å². The molecule has 0 radical (unpaired) electrons. The lowest BCUT2D eigenvalue weighted by Gasteiger charge is -1.99. The Morgan fingerprint density at radius 1 is 1.50 bits per heavy atom. The molecule has 0 spiro atoms. The fourth-order valence-corrected chi connectivity index (χ4v) is 1.78. The third-order valence-corrected chi connectivity index (χ3v) is 2.75. The molecule has 0 aliphatic carbocycles. The summed E-state index contributed by atoms with van der Waals surface area (Å²) in [6.07, 6.45) is 2.33. The van der Waals surface area contributed by atoms with Crippen LogP contribution in [0.4, 0.5) is 0 Å². The van der Waals surface area contributed by atoms with Gasteiger partial charge in [-0.2, -0.15) is 0 Å². The largest absolute Gasteiger partial charge is 0.298 e. The van der Waals surface area contributed by atoms with Gasteiger partial charge in [-0.15, -0.1) is 11.3 Å². The van der Waals surface area contributed by atoms with Crippen LogP contribution in [0.3, 0.4) is 0 Å². The highest BCUT2D eigenvalue weighted by Gasteiger charge is 2.04. The minimum Gasteiger partial charge on any atom is -0.298 e. The minimum absolute atomic E-state index is 0.547. The van der Waals surface area contributed by atoms with Gasteiger partial charge in [0, 0.05) is 6.20 Å². The Bertz CT molecular complexity index is 451. The van der Waals surface area contributed by atoms with Crippen molar-refractivity contribution in [1.82, 2.24) is 9.97 Å². The van der Waals surface area contributed by atoms with Gasteiger partial charge in [0.15, 0.2) is 12.1 Å². The highest BCUT2D eigenvalue weighted by atomic mass is 32.1. The Morgan fingerprint density at radius 3 is 2.93 bits per heavy atom. The zero-order valence-corrected chi connectivity index (χ0v) is 8.41. The molecule has 0 amide bonds. The quantitative estimate of drug-likeness (QED) is 0.705. The number of carbonyl (C=O) groups excluding carboxylic acids is 1. The first-order valence-electron chi connectivity index (χ1n) is 4.14. The Morgan fingerprint density at radius 2 is 2.36 bits per heavy atom. The van der Waals surface area contributed by atoms with Crippen LogP contribution in [-0.2, 0) is 0 Å². The second kappa shape index (κ2) is 3.67. The zero-order valence-electron chi connectivity index (χ0n) is 7.60. The van der Waals surface area contributed by atoms with Gasteiger partial charge in [-0.3, -0.25) is 4.79 Å². The van der Waals surface area contributed by atoms with Crippen LogP contribution in [0.5, 0.6) is 0 Å². The van der Waals surface area contributed by atoms with Crippen LogP contribution in [0.25, 0.3) is 10.7 Å². The predicted molar refractivity (Wildman–Crippen MR) is 55.5 cm³/mol. The number of aromatic nitrogens is 2. The van der Waals surface area contributed by atoms with E-state index in [0.717, 1.165) is 16.9 Å². The summed E-state index contributed by atoms with van der Waals surface area (Å²) in [6.45, 7) is 1.81. The zero-order chi connectivity index (χ0) is 9.97. The van der Waals surface area contributed by atoms with Gasteiger partial charge in [0.25, 0.3) is 0 Å². The van der Waals surface area contributed by atoms with Gasteiger partial charge in [-0.1, -0.05) is 6.07 Å². The highest BCUT2D eigenvalue weighted by Crippen LogP contribution is 2.20. The molecule has 4 heteroatoms. The number of aryl methyl sites for hydroxylation is 1. The topological polar surface area (TPSA) is 42.9 Å². The van der Waals surface area contributed by atoms with Crippen molar-refractivity contribution in [1.29, 1.82) is 0 Å². The Balaban J connectivity index is 2.48. The number of thiophene rings is 1. The van der Waals surface area contributed by atoms with E-state index in [1.54, 1.807) is 17.5 Å². The van der Waals surface area contributed by atoms with Gasteiger partial charge >= 0.3 is 0 Å². The molecule has 70 valence electrons. The Labute approximate surface area is 85.5 Å². The fourth-order valence-electron chi connectivity index (χ4n) is 1.12. The van der Waals surface area contributed by atoms with Gasteiger partial charge in [0.05, 0.1) is 16.1 Å². The van der Waals surface area contributed by atoms with Gasteiger partial charge in [-0.05, 0) is 18.4 Å². The molecule has 0 fully saturated rings. The van der Waals surface area contributed by atoms with Crippen molar-refractivity contribution in [3.05, 3.63) is 35.0 Å². The SMILES string of the molecule is Cc1nc(-c2cccs2)ncc1C=O. The molecule has 0 unspecified atom stereocenters. The van der Waals surface area contributed by atoms with Crippen LogP contribution in [0.15, 0.2) is 23.7 Å². The molecule has 0 saturated heterocycles. The summed E-state index contributed by atoms with van der Waals surface area (Å²) < 4.78 is 0. The van der Waals surface area contributed by atoms with Gasteiger partial charge in [0.2, 0.25) is 0 Å². The van der Waals surface area contributed by atoms with Gasteiger partial charge in [0.1, 0.15) is 0 Å². The van der Waals surface area contributed by atoms with Crippen molar-refractivity contribution in [2.24, 2.45) is 0 Å². The highest BCUT2D eigenvalue weighted by molar-refractivity contribution is 7.13. The molecule has 2 aromatic rings. The number of rotatable bonds is 2. The summed E-state index contributed by atoms with van der Waals surface area (Å²) in [7, 11) is 0. The third kappa shape index (κ3) is 1.56. The lowest BCUT2D eigenvalue weighted by molar-refractivity contribution is 0.112. The van der Waals surface area contributed by atoms with Crippen LogP contribution < -0.4 is 0 Å². The molecule has 0 aliphatic heterocycles. The molecule has 2 rings (SSSR count). The second-order valence-electron chi connectivity index (χ2n) is 2.83. The first kappa shape index (κ1) is 9.02. The van der Waals surface area contributed by atoms with E-state index in [1.165, 1.54) is 0 Å². The maximum atomic E-state index is 10.5. The standard InChI is InChI=1S/C10H8N2OS/c1-7-8(6-13)5-11-10(12-7)9-3-2-4-14-9/h2-6H,1H3. The lowest BCUT2D eigenvalue weighted by Crippen LogP contribution is -1.95. The fraction of sp³-hybridized carbons (Fsp3) is 0.100. The smallest absolute Gasteiger partial charge is 0.169 e. The first-order chi connectivity index (χ1) is 6.81. The summed E-state index contributed by atoms with van der Waals surface area (Å²) in [4.78, 5) is 19.9. The molecule has 2 aromatic heterocycles. The summed E-state index contributed by atoms with van der Waals surface area (Å²) >= 11 is 1.58. The number of hydrogen-bond donors (Lipinski definition) is 0. The van der Waals surface area contributed by atoms with Crippen molar-refractivity contribution in [3.63, 3.8) is 0 Å². The van der Waals surface area contributed by atoms with Crippen molar-refractivity contribution < 1.29 is 4.79 Å². The summed E-state index contributed by atoms with van der Waals surface area (Å²) in [5.41, 5.74) is 1.27. The van der Waals surface area contributed by atoms with Crippen LogP contribution >= 0.6 is 11.3 Å². The monoisotopic (exact) mass is 204 g/mol. The first-order valence-corrected chi connectivity index (χ1v) is 5.02. The van der Waals surface area contributed by atoms with E-state index < -0.39 is 0 Å². The van der Waals surface area contributed by atoms with E-state index in [1.807, 2.05) is 24.4 Å². The predicted octanol–water partition coefficient (Wildman–Crippen LogP) is 2.33. The minimum atomic E-state index is 0.547. The number of carbonyl (C=O) groups is 1. The molecular weight excluding hydrogens is 196 g/mol. The molecule has 0 saturated carbocycles. The van der Waals surface area contributed by atoms with Gasteiger partial charge in [-0.25, -0.2) is 9.97 Å². The molecule has 0 aromatic carbocycles. The van der Waals surface area contributed by atoms with Crippen LogP contribution in [-0.4, -0.2) is 16.3 Å². The van der Waals surface area contributed by atoms with E-state index in [0.29, 0.717) is 11.4 Å².